The van der Waals surface area contributed by atoms with Gasteiger partial charge in [-0.25, -0.2) is 4.79 Å². The molecule has 0 atom stereocenters. The predicted octanol–water partition coefficient (Wildman–Crippen LogP) is 3.41. The zero-order chi connectivity index (χ0) is 15.9. The highest BCUT2D eigenvalue weighted by atomic mass is 35.5. The Morgan fingerprint density at radius 2 is 1.77 bits per heavy atom. The third-order valence-corrected chi connectivity index (χ3v) is 2.87. The Balaban J connectivity index is 1.77. The van der Waals surface area contributed by atoms with Gasteiger partial charge in [-0.15, -0.1) is 0 Å². The van der Waals surface area contributed by atoms with Gasteiger partial charge in [0.2, 0.25) is 0 Å². The highest BCUT2D eigenvalue weighted by Gasteiger charge is 2.06. The first-order valence-electron chi connectivity index (χ1n) is 6.22. The van der Waals surface area contributed by atoms with E-state index < -0.39 is 11.0 Å². The fourth-order valence-corrected chi connectivity index (χ4v) is 1.68. The third-order valence-electron chi connectivity index (χ3n) is 2.62. The number of urea groups is 1. The van der Waals surface area contributed by atoms with E-state index >= 15 is 0 Å². The molecule has 0 saturated carbocycles. The number of rotatable bonds is 5. The van der Waals surface area contributed by atoms with E-state index in [0.29, 0.717) is 16.5 Å². The number of halogens is 1. The molecule has 0 aromatic heterocycles. The maximum absolute atomic E-state index is 11.6. The van der Waals surface area contributed by atoms with Crippen LogP contribution in [0.5, 0.6) is 5.75 Å². The van der Waals surface area contributed by atoms with Gasteiger partial charge < -0.3 is 15.4 Å². The van der Waals surface area contributed by atoms with E-state index in [1.54, 1.807) is 24.3 Å². The molecule has 0 spiro atoms. The van der Waals surface area contributed by atoms with Gasteiger partial charge in [0.05, 0.1) is 4.92 Å². The van der Waals surface area contributed by atoms with E-state index in [1.807, 2.05) is 0 Å². The number of hydrogen-bond acceptors (Lipinski definition) is 4. The molecule has 0 bridgehead atoms. The van der Waals surface area contributed by atoms with Crippen molar-refractivity contribution in [1.29, 1.82) is 0 Å². The molecule has 2 aromatic rings. The van der Waals surface area contributed by atoms with Gasteiger partial charge in [-0.2, -0.15) is 0 Å². The van der Waals surface area contributed by atoms with E-state index in [4.69, 9.17) is 16.3 Å². The van der Waals surface area contributed by atoms with Crippen molar-refractivity contribution in [2.45, 2.75) is 0 Å². The van der Waals surface area contributed by atoms with Crippen LogP contribution in [0.15, 0.2) is 48.5 Å². The first-order valence-corrected chi connectivity index (χ1v) is 6.60. The monoisotopic (exact) mass is 321 g/mol. The number of anilines is 1. The van der Waals surface area contributed by atoms with Crippen LogP contribution in [0.1, 0.15) is 0 Å². The molecule has 0 unspecified atom stereocenters. The van der Waals surface area contributed by atoms with Gasteiger partial charge in [0.25, 0.3) is 5.69 Å². The highest BCUT2D eigenvalue weighted by Crippen LogP contribution is 2.16. The Labute approximate surface area is 131 Å². The zero-order valence-electron chi connectivity index (χ0n) is 11.3. The van der Waals surface area contributed by atoms with Crippen molar-refractivity contribution in [2.75, 3.05) is 12.0 Å². The normalized spacial score (nSPS) is 9.86. The van der Waals surface area contributed by atoms with Gasteiger partial charge in [-0.1, -0.05) is 11.6 Å². The molecule has 8 heteroatoms. The lowest BCUT2D eigenvalue weighted by Gasteiger charge is -2.09. The number of nitro groups is 1. The van der Waals surface area contributed by atoms with Gasteiger partial charge in [0, 0.05) is 22.8 Å². The molecule has 2 aromatic carbocycles. The topological polar surface area (TPSA) is 93.5 Å². The number of nitrogens with one attached hydrogen (secondary N) is 2. The van der Waals surface area contributed by atoms with Crippen molar-refractivity contribution in [3.63, 3.8) is 0 Å². The van der Waals surface area contributed by atoms with Crippen LogP contribution in [-0.2, 0) is 0 Å². The van der Waals surface area contributed by atoms with E-state index in [-0.39, 0.29) is 12.4 Å². The Morgan fingerprint density at radius 1 is 1.14 bits per heavy atom. The maximum atomic E-state index is 11.6. The van der Waals surface area contributed by atoms with E-state index in [1.165, 1.54) is 24.3 Å². The van der Waals surface area contributed by atoms with Crippen LogP contribution in [-0.4, -0.2) is 17.7 Å². The molecule has 2 amide bonds. The average molecular weight is 322 g/mol. The summed E-state index contributed by atoms with van der Waals surface area (Å²) < 4.78 is 5.30. The first-order chi connectivity index (χ1) is 10.5. The molecule has 0 saturated heterocycles. The molecular formula is C14H12ClN3O4. The molecule has 22 heavy (non-hydrogen) atoms. The maximum Gasteiger partial charge on any atom is 0.321 e. The first kappa shape index (κ1) is 15.6. The minimum Gasteiger partial charge on any atom is -0.473 e. The number of nitro benzene ring substituents is 1. The molecule has 2 N–H and O–H groups in total. The summed E-state index contributed by atoms with van der Waals surface area (Å²) in [6.07, 6.45) is 0. The minimum atomic E-state index is -0.510. The van der Waals surface area contributed by atoms with E-state index in [0.717, 1.165) is 0 Å². The number of non-ortho nitro benzene ring substituents is 1. The van der Waals surface area contributed by atoms with Crippen molar-refractivity contribution in [2.24, 2.45) is 0 Å². The molecule has 0 aliphatic heterocycles. The summed E-state index contributed by atoms with van der Waals surface area (Å²) in [5, 5.41) is 16.1. The highest BCUT2D eigenvalue weighted by molar-refractivity contribution is 6.30. The zero-order valence-corrected chi connectivity index (χ0v) is 12.0. The smallest absolute Gasteiger partial charge is 0.321 e. The quantitative estimate of drug-likeness (QED) is 0.501. The summed E-state index contributed by atoms with van der Waals surface area (Å²) in [5.74, 6) is 0.569. The summed E-state index contributed by atoms with van der Waals surface area (Å²) in [6.45, 7) is -0.0273. The van der Waals surface area contributed by atoms with Crippen molar-refractivity contribution in [3.05, 3.63) is 63.7 Å². The molecule has 7 nitrogen and oxygen atoms in total. The summed E-state index contributed by atoms with van der Waals surface area (Å²) in [4.78, 5) is 21.6. The van der Waals surface area contributed by atoms with Crippen molar-refractivity contribution in [3.8, 4) is 5.75 Å². The lowest BCUT2D eigenvalue weighted by molar-refractivity contribution is -0.384. The SMILES string of the molecule is O=C(NCOc1ccc(Cl)cc1)Nc1ccc([N+](=O)[O-])cc1. The number of ether oxygens (including phenoxy) is 1. The lowest BCUT2D eigenvalue weighted by atomic mass is 10.3. The minimum absolute atomic E-state index is 0.0273. The molecule has 0 aliphatic carbocycles. The van der Waals surface area contributed by atoms with Gasteiger partial charge in [0.15, 0.2) is 6.73 Å². The Hall–Kier alpha value is -2.80. The van der Waals surface area contributed by atoms with Gasteiger partial charge in [0.1, 0.15) is 5.75 Å². The number of nitrogens with zero attached hydrogens (tertiary/aromatic N) is 1. The van der Waals surface area contributed by atoms with Crippen LogP contribution < -0.4 is 15.4 Å². The number of carbonyl (C=O) groups is 1. The van der Waals surface area contributed by atoms with Crippen LogP contribution in [0.4, 0.5) is 16.2 Å². The number of amides is 2. The van der Waals surface area contributed by atoms with Crippen LogP contribution in [0.3, 0.4) is 0 Å². The second-order valence-corrected chi connectivity index (χ2v) is 4.61. The fraction of sp³-hybridized carbons (Fsp3) is 0.0714. The van der Waals surface area contributed by atoms with Crippen molar-refractivity contribution in [1.82, 2.24) is 5.32 Å². The van der Waals surface area contributed by atoms with Gasteiger partial charge in [-0.3, -0.25) is 10.1 Å². The Bertz CT molecular complexity index is 659. The fourth-order valence-electron chi connectivity index (χ4n) is 1.56. The average Bonchev–Trinajstić information content (AvgIpc) is 2.50. The van der Waals surface area contributed by atoms with Gasteiger partial charge in [-0.05, 0) is 36.4 Å². The molecule has 0 aliphatic rings. The molecule has 0 heterocycles. The lowest BCUT2D eigenvalue weighted by Crippen LogP contribution is -2.31. The largest absolute Gasteiger partial charge is 0.473 e. The van der Waals surface area contributed by atoms with Crippen LogP contribution in [0.25, 0.3) is 0 Å². The third kappa shape index (κ3) is 4.64. The Kier molecular flexibility index (Phi) is 5.16. The van der Waals surface area contributed by atoms with Crippen LogP contribution in [0.2, 0.25) is 5.02 Å². The van der Waals surface area contributed by atoms with E-state index in [9.17, 15) is 14.9 Å². The standard InChI is InChI=1S/C14H12ClN3O4/c15-10-1-7-13(8-2-10)22-9-16-14(19)17-11-3-5-12(6-4-11)18(20)21/h1-8H,9H2,(H2,16,17,19). The number of carbonyl (C=O) groups excluding carboxylic acids is 1. The summed E-state index contributed by atoms with van der Waals surface area (Å²) in [7, 11) is 0. The van der Waals surface area contributed by atoms with Crippen LogP contribution >= 0.6 is 11.6 Å². The number of benzene rings is 2. The molecule has 2 rings (SSSR count). The van der Waals surface area contributed by atoms with Crippen molar-refractivity contribution >= 4 is 29.0 Å². The summed E-state index contributed by atoms with van der Waals surface area (Å²) >= 11 is 5.74. The number of hydrogen-bond donors (Lipinski definition) is 2. The van der Waals surface area contributed by atoms with E-state index in [2.05, 4.69) is 10.6 Å². The second-order valence-electron chi connectivity index (χ2n) is 4.18. The van der Waals surface area contributed by atoms with Crippen molar-refractivity contribution < 1.29 is 14.5 Å². The predicted molar refractivity (Wildman–Crippen MR) is 82.2 cm³/mol. The summed E-state index contributed by atoms with van der Waals surface area (Å²) in [6, 6.07) is 11.7. The molecule has 0 radical (unpaired) electrons. The second kappa shape index (κ2) is 7.28. The molecule has 0 fully saturated rings. The molecular weight excluding hydrogens is 310 g/mol. The summed E-state index contributed by atoms with van der Waals surface area (Å²) in [5.41, 5.74) is 0.395. The van der Waals surface area contributed by atoms with Crippen LogP contribution in [0, 0.1) is 10.1 Å². The Morgan fingerprint density at radius 3 is 2.36 bits per heavy atom. The molecule has 114 valence electrons. The van der Waals surface area contributed by atoms with Gasteiger partial charge >= 0.3 is 6.03 Å².